The number of ether oxygens (including phenoxy) is 1. The molecule has 14 heavy (non-hydrogen) atoms. The average Bonchev–Trinajstić information content (AvgIpc) is 2.52. The van der Waals surface area contributed by atoms with Crippen LogP contribution in [0.3, 0.4) is 0 Å². The fourth-order valence-corrected chi connectivity index (χ4v) is 1.38. The number of anilines is 1. The van der Waals surface area contributed by atoms with Gasteiger partial charge in [-0.1, -0.05) is 11.3 Å². The number of rotatable bonds is 3. The summed E-state index contributed by atoms with van der Waals surface area (Å²) in [7, 11) is 0. The topological polar surface area (TPSA) is 81.2 Å². The first-order valence-corrected chi connectivity index (χ1v) is 4.73. The summed E-state index contributed by atoms with van der Waals surface area (Å²) in [5, 5.41) is 10.0. The van der Waals surface area contributed by atoms with Crippen molar-refractivity contribution in [3.05, 3.63) is 5.01 Å². The van der Waals surface area contributed by atoms with Crippen molar-refractivity contribution in [3.8, 4) is 0 Å². The molecule has 0 spiro atoms. The fraction of sp³-hybridized carbons (Fsp3) is 0.429. The Balaban J connectivity index is 2.67. The van der Waals surface area contributed by atoms with Crippen molar-refractivity contribution >= 4 is 28.3 Å². The Bertz CT molecular complexity index is 350. The van der Waals surface area contributed by atoms with E-state index in [1.807, 2.05) is 0 Å². The number of carbonyl (C=O) groups excluding carboxylic acids is 2. The lowest BCUT2D eigenvalue weighted by Crippen LogP contribution is -2.04. The van der Waals surface area contributed by atoms with Crippen LogP contribution >= 0.6 is 11.3 Å². The summed E-state index contributed by atoms with van der Waals surface area (Å²) in [6.45, 7) is 3.34. The highest BCUT2D eigenvalue weighted by atomic mass is 32.1. The molecule has 0 atom stereocenters. The van der Waals surface area contributed by atoms with Crippen LogP contribution in [0.15, 0.2) is 0 Å². The van der Waals surface area contributed by atoms with Crippen molar-refractivity contribution < 1.29 is 14.3 Å². The maximum absolute atomic E-state index is 11.1. The Morgan fingerprint density at radius 3 is 2.79 bits per heavy atom. The summed E-state index contributed by atoms with van der Waals surface area (Å²) in [5.74, 6) is -0.779. The van der Waals surface area contributed by atoms with E-state index >= 15 is 0 Å². The predicted molar refractivity (Wildman–Crippen MR) is 50.2 cm³/mol. The number of esters is 1. The first-order chi connectivity index (χ1) is 6.63. The lowest BCUT2D eigenvalue weighted by atomic mass is 10.7. The van der Waals surface area contributed by atoms with E-state index in [2.05, 4.69) is 15.5 Å². The highest BCUT2D eigenvalue weighted by Gasteiger charge is 2.13. The van der Waals surface area contributed by atoms with Gasteiger partial charge in [-0.2, -0.15) is 0 Å². The molecule has 1 aromatic heterocycles. The number of aromatic nitrogens is 2. The van der Waals surface area contributed by atoms with E-state index in [4.69, 9.17) is 4.74 Å². The van der Waals surface area contributed by atoms with Crippen molar-refractivity contribution in [3.63, 3.8) is 0 Å². The molecule has 0 fully saturated rings. The maximum atomic E-state index is 11.1. The fourth-order valence-electron chi connectivity index (χ4n) is 0.700. The molecule has 1 amide bonds. The van der Waals surface area contributed by atoms with Crippen LogP contribution in [-0.2, 0) is 9.53 Å². The first kappa shape index (κ1) is 10.6. The molecule has 6 nitrogen and oxygen atoms in total. The number of hydrogen-bond acceptors (Lipinski definition) is 6. The maximum Gasteiger partial charge on any atom is 0.369 e. The molecule has 0 saturated heterocycles. The van der Waals surface area contributed by atoms with Gasteiger partial charge in [0.25, 0.3) is 0 Å². The molecule has 0 radical (unpaired) electrons. The first-order valence-electron chi connectivity index (χ1n) is 3.91. The van der Waals surface area contributed by atoms with Crippen LogP contribution in [0, 0.1) is 0 Å². The summed E-state index contributed by atoms with van der Waals surface area (Å²) in [5.41, 5.74) is 0. The van der Waals surface area contributed by atoms with Crippen LogP contribution in [0.25, 0.3) is 0 Å². The van der Waals surface area contributed by atoms with E-state index in [1.54, 1.807) is 6.92 Å². The Morgan fingerprint density at radius 2 is 2.21 bits per heavy atom. The summed E-state index contributed by atoms with van der Waals surface area (Å²) >= 11 is 0.981. The molecule has 1 aromatic rings. The molecule has 0 saturated carbocycles. The van der Waals surface area contributed by atoms with Gasteiger partial charge < -0.3 is 10.1 Å². The minimum atomic E-state index is -0.526. The number of nitrogens with zero attached hydrogens (tertiary/aromatic N) is 2. The number of nitrogens with one attached hydrogen (secondary N) is 1. The van der Waals surface area contributed by atoms with E-state index in [0.29, 0.717) is 5.13 Å². The molecule has 0 unspecified atom stereocenters. The van der Waals surface area contributed by atoms with E-state index < -0.39 is 5.97 Å². The quantitative estimate of drug-likeness (QED) is 0.749. The molecule has 1 rings (SSSR count). The van der Waals surface area contributed by atoms with Crippen LogP contribution in [0.5, 0.6) is 0 Å². The highest BCUT2D eigenvalue weighted by Crippen LogP contribution is 2.15. The van der Waals surface area contributed by atoms with Crippen LogP contribution in [0.4, 0.5) is 5.13 Å². The molecule has 0 aliphatic carbocycles. The molecule has 1 heterocycles. The van der Waals surface area contributed by atoms with Crippen molar-refractivity contribution in [1.82, 2.24) is 10.2 Å². The molecule has 1 N–H and O–H groups in total. The predicted octanol–water partition coefficient (Wildman–Crippen LogP) is 0.673. The minimum Gasteiger partial charge on any atom is -0.461 e. The van der Waals surface area contributed by atoms with Gasteiger partial charge in [-0.05, 0) is 6.92 Å². The number of hydrogen-bond donors (Lipinski definition) is 1. The van der Waals surface area contributed by atoms with Gasteiger partial charge in [0.05, 0.1) is 6.61 Å². The zero-order chi connectivity index (χ0) is 10.6. The van der Waals surface area contributed by atoms with Crippen molar-refractivity contribution in [2.45, 2.75) is 13.8 Å². The molecule has 0 aliphatic rings. The molecular weight excluding hydrogens is 206 g/mol. The smallest absolute Gasteiger partial charge is 0.369 e. The molecular formula is C7H9N3O3S. The Kier molecular flexibility index (Phi) is 3.52. The second kappa shape index (κ2) is 4.66. The van der Waals surface area contributed by atoms with Crippen LogP contribution in [0.2, 0.25) is 0 Å². The van der Waals surface area contributed by atoms with Gasteiger partial charge in [0.15, 0.2) is 0 Å². The summed E-state index contributed by atoms with van der Waals surface area (Å²) in [4.78, 5) is 21.7. The second-order valence-corrected chi connectivity index (χ2v) is 3.29. The van der Waals surface area contributed by atoms with Crippen molar-refractivity contribution in [2.24, 2.45) is 0 Å². The Morgan fingerprint density at radius 1 is 1.50 bits per heavy atom. The van der Waals surface area contributed by atoms with E-state index in [9.17, 15) is 9.59 Å². The standard InChI is InChI=1S/C7H9N3O3S/c1-3-13-6(12)5-9-10-7(14-5)8-4(2)11/h3H2,1-2H3,(H,8,10,11). The van der Waals surface area contributed by atoms with Gasteiger partial charge in [0.1, 0.15) is 0 Å². The molecule has 7 heteroatoms. The van der Waals surface area contributed by atoms with Crippen LogP contribution in [-0.4, -0.2) is 28.7 Å². The third-order valence-corrected chi connectivity index (χ3v) is 1.98. The summed E-state index contributed by atoms with van der Waals surface area (Å²) in [6.07, 6.45) is 0. The lowest BCUT2D eigenvalue weighted by molar-refractivity contribution is -0.114. The minimum absolute atomic E-state index is 0.135. The molecule has 76 valence electrons. The van der Waals surface area contributed by atoms with Crippen LogP contribution < -0.4 is 5.32 Å². The van der Waals surface area contributed by atoms with Gasteiger partial charge >= 0.3 is 5.97 Å². The van der Waals surface area contributed by atoms with Gasteiger partial charge in [-0.15, -0.1) is 10.2 Å². The van der Waals surface area contributed by atoms with Gasteiger partial charge in [0.2, 0.25) is 16.0 Å². The van der Waals surface area contributed by atoms with Gasteiger partial charge in [-0.25, -0.2) is 4.79 Å². The third kappa shape index (κ3) is 2.77. The molecule has 0 aliphatic heterocycles. The van der Waals surface area contributed by atoms with Gasteiger partial charge in [0, 0.05) is 6.92 Å². The summed E-state index contributed by atoms with van der Waals surface area (Å²) in [6, 6.07) is 0. The van der Waals surface area contributed by atoms with E-state index in [-0.39, 0.29) is 17.5 Å². The zero-order valence-electron chi connectivity index (χ0n) is 7.73. The second-order valence-electron chi connectivity index (χ2n) is 2.31. The average molecular weight is 215 g/mol. The van der Waals surface area contributed by atoms with E-state index in [0.717, 1.165) is 11.3 Å². The number of carbonyl (C=O) groups is 2. The van der Waals surface area contributed by atoms with Crippen LogP contribution in [0.1, 0.15) is 23.6 Å². The Hall–Kier alpha value is -1.50. The van der Waals surface area contributed by atoms with E-state index in [1.165, 1.54) is 6.92 Å². The monoisotopic (exact) mass is 215 g/mol. The normalized spacial score (nSPS) is 9.57. The zero-order valence-corrected chi connectivity index (χ0v) is 8.55. The highest BCUT2D eigenvalue weighted by molar-refractivity contribution is 7.17. The van der Waals surface area contributed by atoms with Crippen molar-refractivity contribution in [1.29, 1.82) is 0 Å². The Labute approximate surface area is 84.3 Å². The molecule has 0 aromatic carbocycles. The number of amides is 1. The summed E-state index contributed by atoms with van der Waals surface area (Å²) < 4.78 is 4.70. The molecule has 0 bridgehead atoms. The van der Waals surface area contributed by atoms with Crippen molar-refractivity contribution in [2.75, 3.05) is 11.9 Å². The van der Waals surface area contributed by atoms with Gasteiger partial charge in [-0.3, -0.25) is 4.79 Å². The SMILES string of the molecule is CCOC(=O)c1nnc(NC(C)=O)s1. The largest absolute Gasteiger partial charge is 0.461 e. The lowest BCUT2D eigenvalue weighted by Gasteiger charge is -1.94. The third-order valence-electron chi connectivity index (χ3n) is 1.16.